The van der Waals surface area contributed by atoms with Crippen LogP contribution in [0.3, 0.4) is 0 Å². The van der Waals surface area contributed by atoms with E-state index in [1.165, 1.54) is 0 Å². The highest BCUT2D eigenvalue weighted by Gasteiger charge is 2.28. The number of nitrogens with zero attached hydrogens (tertiary/aromatic N) is 4. The molecular formula is C21H27ClN4O. The monoisotopic (exact) mass is 386 g/mol. The number of rotatable bonds is 7. The van der Waals surface area contributed by atoms with Crippen molar-refractivity contribution in [3.63, 3.8) is 0 Å². The fraction of sp³-hybridized carbons (Fsp3) is 0.571. The summed E-state index contributed by atoms with van der Waals surface area (Å²) >= 11 is 6.21. The molecule has 1 aliphatic carbocycles. The Kier molecular flexibility index (Phi) is 5.48. The van der Waals surface area contributed by atoms with Gasteiger partial charge in [0.2, 0.25) is 5.91 Å². The molecule has 0 N–H and O–H groups in total. The van der Waals surface area contributed by atoms with Crippen molar-refractivity contribution in [3.8, 4) is 0 Å². The second-order valence-electron chi connectivity index (χ2n) is 7.67. The second kappa shape index (κ2) is 8.01. The van der Waals surface area contributed by atoms with E-state index in [0.717, 1.165) is 74.3 Å². The van der Waals surface area contributed by atoms with Gasteiger partial charge in [0.05, 0.1) is 5.52 Å². The number of amides is 1. The fourth-order valence-corrected chi connectivity index (χ4v) is 3.98. The zero-order chi connectivity index (χ0) is 18.8. The lowest BCUT2D eigenvalue weighted by atomic mass is 10.2. The summed E-state index contributed by atoms with van der Waals surface area (Å²) in [6, 6.07) is 5.83. The molecule has 1 saturated heterocycles. The first kappa shape index (κ1) is 18.5. The van der Waals surface area contributed by atoms with E-state index in [1.807, 2.05) is 23.1 Å². The van der Waals surface area contributed by atoms with E-state index in [-0.39, 0.29) is 5.91 Å². The van der Waals surface area contributed by atoms with E-state index in [9.17, 15) is 4.79 Å². The van der Waals surface area contributed by atoms with Crippen molar-refractivity contribution in [2.45, 2.75) is 51.4 Å². The van der Waals surface area contributed by atoms with E-state index in [2.05, 4.69) is 11.8 Å². The fourth-order valence-electron chi connectivity index (χ4n) is 3.82. The molecule has 0 atom stereocenters. The van der Waals surface area contributed by atoms with Crippen molar-refractivity contribution in [1.29, 1.82) is 0 Å². The van der Waals surface area contributed by atoms with Crippen LogP contribution in [-0.2, 0) is 4.79 Å². The smallest absolute Gasteiger partial charge is 0.224 e. The first-order valence-electron chi connectivity index (χ1n) is 10.2. The number of fused-ring (bicyclic) bond motifs is 1. The molecule has 1 amide bonds. The molecule has 6 heteroatoms. The van der Waals surface area contributed by atoms with Crippen LogP contribution in [-0.4, -0.2) is 47.0 Å². The van der Waals surface area contributed by atoms with Crippen molar-refractivity contribution in [2.75, 3.05) is 31.1 Å². The molecule has 144 valence electrons. The summed E-state index contributed by atoms with van der Waals surface area (Å²) in [5.41, 5.74) is 0.904. The van der Waals surface area contributed by atoms with Gasteiger partial charge < -0.3 is 9.80 Å². The minimum absolute atomic E-state index is 0.262. The lowest BCUT2D eigenvalue weighted by molar-refractivity contribution is -0.129. The summed E-state index contributed by atoms with van der Waals surface area (Å²) < 4.78 is 0. The maximum Gasteiger partial charge on any atom is 0.224 e. The van der Waals surface area contributed by atoms with Gasteiger partial charge in [-0.1, -0.05) is 18.5 Å². The van der Waals surface area contributed by atoms with Crippen molar-refractivity contribution < 1.29 is 4.79 Å². The van der Waals surface area contributed by atoms with E-state index >= 15 is 0 Å². The van der Waals surface area contributed by atoms with Crippen LogP contribution in [0.15, 0.2) is 18.2 Å². The minimum atomic E-state index is 0.262. The molecule has 1 aromatic carbocycles. The molecule has 4 rings (SSSR count). The van der Waals surface area contributed by atoms with Gasteiger partial charge in [0.1, 0.15) is 11.6 Å². The van der Waals surface area contributed by atoms with E-state index < -0.39 is 0 Å². The largest absolute Gasteiger partial charge is 0.355 e. The van der Waals surface area contributed by atoms with Crippen molar-refractivity contribution in [3.05, 3.63) is 29.0 Å². The van der Waals surface area contributed by atoms with Crippen LogP contribution >= 0.6 is 11.6 Å². The van der Waals surface area contributed by atoms with Gasteiger partial charge in [-0.2, -0.15) is 0 Å². The summed E-state index contributed by atoms with van der Waals surface area (Å²) in [6.07, 6.45) is 6.13. The van der Waals surface area contributed by atoms with Crippen LogP contribution in [0.1, 0.15) is 57.2 Å². The molecule has 0 bridgehead atoms. The quantitative estimate of drug-likeness (QED) is 0.708. The predicted molar refractivity (Wildman–Crippen MR) is 109 cm³/mol. The van der Waals surface area contributed by atoms with E-state index in [0.29, 0.717) is 23.9 Å². The van der Waals surface area contributed by atoms with Crippen molar-refractivity contribution in [1.82, 2.24) is 14.9 Å². The Hall–Kier alpha value is -1.88. The van der Waals surface area contributed by atoms with Crippen LogP contribution in [0, 0.1) is 0 Å². The molecule has 27 heavy (non-hydrogen) atoms. The molecule has 1 saturated carbocycles. The number of hydrogen-bond acceptors (Lipinski definition) is 4. The van der Waals surface area contributed by atoms with Gasteiger partial charge in [0.15, 0.2) is 0 Å². The van der Waals surface area contributed by atoms with Gasteiger partial charge in [-0.05, 0) is 50.3 Å². The van der Waals surface area contributed by atoms with Crippen LogP contribution < -0.4 is 4.90 Å². The lowest BCUT2D eigenvalue weighted by Crippen LogP contribution is -2.34. The Morgan fingerprint density at radius 1 is 1.22 bits per heavy atom. The topological polar surface area (TPSA) is 49.3 Å². The third-order valence-electron chi connectivity index (χ3n) is 5.45. The van der Waals surface area contributed by atoms with Crippen molar-refractivity contribution >= 4 is 34.2 Å². The summed E-state index contributed by atoms with van der Waals surface area (Å²) in [5, 5.41) is 1.71. The third kappa shape index (κ3) is 4.18. The number of carbonyl (C=O) groups is 1. The van der Waals surface area contributed by atoms with Gasteiger partial charge in [-0.15, -0.1) is 0 Å². The average Bonchev–Trinajstić information content (AvgIpc) is 3.37. The summed E-state index contributed by atoms with van der Waals surface area (Å²) in [6.45, 7) is 5.56. The van der Waals surface area contributed by atoms with Crippen LogP contribution in [0.25, 0.3) is 10.9 Å². The number of benzene rings is 1. The Bertz CT molecular complexity index is 830. The molecule has 5 nitrogen and oxygen atoms in total. The molecule has 1 aromatic heterocycles. The number of anilines is 1. The van der Waals surface area contributed by atoms with Gasteiger partial charge in [-0.25, -0.2) is 9.97 Å². The number of halogens is 1. The minimum Gasteiger partial charge on any atom is -0.355 e. The Morgan fingerprint density at radius 2 is 2.00 bits per heavy atom. The molecule has 0 unspecified atom stereocenters. The summed E-state index contributed by atoms with van der Waals surface area (Å²) in [4.78, 5) is 26.5. The standard InChI is InChI=1S/C21H27ClN4O/c1-2-10-26(13-9-19(27)25-11-3-4-12-25)21-17-8-7-16(22)14-18(17)23-20(24-21)15-5-6-15/h7-8,14-15H,2-6,9-13H2,1H3. The van der Waals surface area contributed by atoms with E-state index in [1.54, 1.807) is 0 Å². The molecule has 2 fully saturated rings. The maximum atomic E-state index is 12.5. The first-order chi connectivity index (χ1) is 13.2. The van der Waals surface area contributed by atoms with E-state index in [4.69, 9.17) is 21.6 Å². The Balaban J connectivity index is 1.62. The van der Waals surface area contributed by atoms with Crippen molar-refractivity contribution in [2.24, 2.45) is 0 Å². The summed E-state index contributed by atoms with van der Waals surface area (Å²) in [7, 11) is 0. The van der Waals surface area contributed by atoms with Gasteiger partial charge >= 0.3 is 0 Å². The predicted octanol–water partition coefficient (Wildman–Crippen LogP) is 4.39. The number of aromatic nitrogens is 2. The zero-order valence-electron chi connectivity index (χ0n) is 16.0. The SMILES string of the molecule is CCCN(CCC(=O)N1CCCC1)c1nc(C2CC2)nc2cc(Cl)ccc12. The lowest BCUT2D eigenvalue weighted by Gasteiger charge is -2.26. The second-order valence-corrected chi connectivity index (χ2v) is 8.10. The molecule has 2 aliphatic rings. The summed E-state index contributed by atoms with van der Waals surface area (Å²) in [5.74, 6) is 2.61. The average molecular weight is 387 g/mol. The Morgan fingerprint density at radius 3 is 2.70 bits per heavy atom. The highest BCUT2D eigenvalue weighted by atomic mass is 35.5. The Labute approximate surface area is 165 Å². The van der Waals surface area contributed by atoms with Crippen LogP contribution in [0.2, 0.25) is 5.02 Å². The number of hydrogen-bond donors (Lipinski definition) is 0. The van der Waals surface area contributed by atoms with Gasteiger partial charge in [-0.3, -0.25) is 4.79 Å². The third-order valence-corrected chi connectivity index (χ3v) is 5.68. The zero-order valence-corrected chi connectivity index (χ0v) is 16.7. The highest BCUT2D eigenvalue weighted by Crippen LogP contribution is 2.40. The highest BCUT2D eigenvalue weighted by molar-refractivity contribution is 6.31. The van der Waals surface area contributed by atoms with Gasteiger partial charge in [0, 0.05) is 48.9 Å². The molecule has 2 aromatic rings. The normalized spacial score (nSPS) is 16.9. The maximum absolute atomic E-state index is 12.5. The number of carbonyl (C=O) groups excluding carboxylic acids is 1. The first-order valence-corrected chi connectivity index (χ1v) is 10.5. The number of likely N-dealkylation sites (tertiary alicyclic amines) is 1. The van der Waals surface area contributed by atoms with Crippen LogP contribution in [0.4, 0.5) is 5.82 Å². The molecule has 1 aliphatic heterocycles. The molecule has 0 spiro atoms. The molecule has 0 radical (unpaired) electrons. The van der Waals surface area contributed by atoms with Crippen LogP contribution in [0.5, 0.6) is 0 Å². The molecular weight excluding hydrogens is 360 g/mol. The van der Waals surface area contributed by atoms with Gasteiger partial charge in [0.25, 0.3) is 0 Å². The molecule has 2 heterocycles.